The van der Waals surface area contributed by atoms with Crippen LogP contribution in [-0.2, 0) is 0 Å². The van der Waals surface area contributed by atoms with Crippen molar-refractivity contribution in [1.29, 1.82) is 0 Å². The maximum atomic E-state index is 12.8. The number of alkyl halides is 2. The van der Waals surface area contributed by atoms with Crippen molar-refractivity contribution in [3.8, 4) is 0 Å². The van der Waals surface area contributed by atoms with Crippen LogP contribution >= 0.6 is 22.6 Å². The molecule has 1 aromatic rings. The van der Waals surface area contributed by atoms with Crippen LogP contribution in [0.15, 0.2) is 24.3 Å². The molecule has 0 saturated carbocycles. The predicted octanol–water partition coefficient (Wildman–Crippen LogP) is 2.89. The van der Waals surface area contributed by atoms with Crippen molar-refractivity contribution >= 4 is 22.6 Å². The minimum absolute atomic E-state index is 0.0833. The molecule has 0 aliphatic carbocycles. The average molecular weight is 366 g/mol. The van der Waals surface area contributed by atoms with E-state index in [9.17, 15) is 8.78 Å². The summed E-state index contributed by atoms with van der Waals surface area (Å²) >= 11 is 2.23. The van der Waals surface area contributed by atoms with Crippen molar-refractivity contribution < 1.29 is 8.78 Å². The Kier molecular flexibility index (Phi) is 5.32. The highest BCUT2D eigenvalue weighted by atomic mass is 127. The van der Waals surface area contributed by atoms with Gasteiger partial charge in [-0.15, -0.1) is 0 Å². The molecule has 1 heterocycles. The highest BCUT2D eigenvalue weighted by Crippen LogP contribution is 2.30. The third kappa shape index (κ3) is 3.61. The first-order valence-electron chi connectivity index (χ1n) is 6.16. The minimum atomic E-state index is -2.26. The van der Waals surface area contributed by atoms with Gasteiger partial charge in [-0.2, -0.15) is 0 Å². The van der Waals surface area contributed by atoms with Gasteiger partial charge in [0.15, 0.2) is 0 Å². The normalized spacial score (nSPS) is 19.1. The first-order valence-corrected chi connectivity index (χ1v) is 7.23. The third-order valence-corrected chi connectivity index (χ3v) is 4.24. The molecule has 0 bridgehead atoms. The van der Waals surface area contributed by atoms with Crippen molar-refractivity contribution in [2.75, 3.05) is 26.2 Å². The summed E-state index contributed by atoms with van der Waals surface area (Å²) in [4.78, 5) is 2.17. The van der Waals surface area contributed by atoms with Gasteiger partial charge in [0.05, 0.1) is 0 Å². The smallest absolute Gasteiger partial charge is 0.240 e. The molecule has 0 unspecified atom stereocenters. The zero-order chi connectivity index (χ0) is 13.0. The van der Waals surface area contributed by atoms with E-state index in [1.54, 1.807) is 0 Å². The first kappa shape index (κ1) is 14.1. The summed E-state index contributed by atoms with van der Waals surface area (Å²) in [6.45, 7) is 3.43. The fourth-order valence-electron chi connectivity index (χ4n) is 2.38. The van der Waals surface area contributed by atoms with Crippen molar-refractivity contribution in [3.63, 3.8) is 0 Å². The zero-order valence-corrected chi connectivity index (χ0v) is 12.2. The molecule has 2 rings (SSSR count). The number of nitrogens with zero attached hydrogens (tertiary/aromatic N) is 1. The number of piperazine rings is 1. The van der Waals surface area contributed by atoms with Gasteiger partial charge in [-0.1, -0.05) is 18.2 Å². The van der Waals surface area contributed by atoms with Gasteiger partial charge in [0.1, 0.15) is 0 Å². The number of rotatable bonds is 4. The minimum Gasteiger partial charge on any atom is -0.314 e. The molecule has 100 valence electrons. The number of hydrogen-bond donors (Lipinski definition) is 1. The van der Waals surface area contributed by atoms with E-state index >= 15 is 0 Å². The summed E-state index contributed by atoms with van der Waals surface area (Å²) in [7, 11) is 0. The lowest BCUT2D eigenvalue weighted by atomic mass is 10.0. The predicted molar refractivity (Wildman–Crippen MR) is 77.0 cm³/mol. The Morgan fingerprint density at radius 1 is 1.22 bits per heavy atom. The van der Waals surface area contributed by atoms with E-state index in [0.717, 1.165) is 35.3 Å². The van der Waals surface area contributed by atoms with Crippen molar-refractivity contribution in [2.45, 2.75) is 18.9 Å². The van der Waals surface area contributed by atoms with E-state index in [1.165, 1.54) is 0 Å². The molecule has 0 aromatic heterocycles. The fourth-order valence-corrected chi connectivity index (χ4v) is 3.13. The van der Waals surface area contributed by atoms with Gasteiger partial charge in [0, 0.05) is 42.2 Å². The number of nitrogens with one attached hydrogen (secondary N) is 1. The molecule has 0 spiro atoms. The summed E-state index contributed by atoms with van der Waals surface area (Å²) in [6, 6.07) is 7.66. The molecule has 1 aromatic carbocycles. The first-order chi connectivity index (χ1) is 8.68. The molecule has 1 N–H and O–H groups in total. The van der Waals surface area contributed by atoms with Crippen LogP contribution in [0.3, 0.4) is 0 Å². The molecule has 5 heteroatoms. The number of benzene rings is 1. The molecule has 1 saturated heterocycles. The van der Waals surface area contributed by atoms with Gasteiger partial charge in [-0.05, 0) is 34.2 Å². The Morgan fingerprint density at radius 3 is 2.50 bits per heavy atom. The lowest BCUT2D eigenvalue weighted by molar-refractivity contribution is 0.0736. The summed E-state index contributed by atoms with van der Waals surface area (Å²) in [6.07, 6.45) is -2.35. The van der Waals surface area contributed by atoms with Gasteiger partial charge in [0.25, 0.3) is 0 Å². The molecule has 1 aliphatic heterocycles. The van der Waals surface area contributed by atoms with E-state index in [-0.39, 0.29) is 12.5 Å². The van der Waals surface area contributed by atoms with Gasteiger partial charge in [0.2, 0.25) is 6.43 Å². The number of hydrogen-bond acceptors (Lipinski definition) is 2. The van der Waals surface area contributed by atoms with Crippen LogP contribution in [0.1, 0.15) is 18.0 Å². The van der Waals surface area contributed by atoms with Crippen LogP contribution in [-0.4, -0.2) is 37.5 Å². The van der Waals surface area contributed by atoms with Gasteiger partial charge < -0.3 is 5.32 Å². The average Bonchev–Trinajstić information content (AvgIpc) is 2.38. The van der Waals surface area contributed by atoms with Crippen LogP contribution in [0.25, 0.3) is 0 Å². The SMILES string of the molecule is FC(F)C[C@@H](c1ccccc1I)N1CCNCC1. The topological polar surface area (TPSA) is 15.3 Å². The Labute approximate surface area is 120 Å². The molecular formula is C13H17F2IN2. The second-order valence-electron chi connectivity index (χ2n) is 4.45. The van der Waals surface area contributed by atoms with E-state index in [4.69, 9.17) is 0 Å². The monoisotopic (exact) mass is 366 g/mol. The van der Waals surface area contributed by atoms with Gasteiger partial charge in [-0.3, -0.25) is 4.90 Å². The highest BCUT2D eigenvalue weighted by molar-refractivity contribution is 14.1. The van der Waals surface area contributed by atoms with E-state index in [1.807, 2.05) is 24.3 Å². The van der Waals surface area contributed by atoms with E-state index < -0.39 is 6.43 Å². The van der Waals surface area contributed by atoms with Crippen LogP contribution in [0.5, 0.6) is 0 Å². The number of halogens is 3. The lowest BCUT2D eigenvalue weighted by Crippen LogP contribution is -2.45. The van der Waals surface area contributed by atoms with Crippen molar-refractivity contribution in [1.82, 2.24) is 10.2 Å². The maximum Gasteiger partial charge on any atom is 0.240 e. The molecule has 1 atom stereocenters. The van der Waals surface area contributed by atoms with Crippen molar-refractivity contribution in [2.24, 2.45) is 0 Å². The molecule has 18 heavy (non-hydrogen) atoms. The third-order valence-electron chi connectivity index (χ3n) is 3.26. The quantitative estimate of drug-likeness (QED) is 0.825. The zero-order valence-electron chi connectivity index (χ0n) is 10.1. The van der Waals surface area contributed by atoms with Gasteiger partial charge in [-0.25, -0.2) is 8.78 Å². The Bertz CT molecular complexity index is 381. The van der Waals surface area contributed by atoms with Crippen LogP contribution in [0.4, 0.5) is 8.78 Å². The summed E-state index contributed by atoms with van der Waals surface area (Å²) in [5.74, 6) is 0. The Hall–Kier alpha value is -0.270. The maximum absolute atomic E-state index is 12.8. The Morgan fingerprint density at radius 2 is 1.89 bits per heavy atom. The van der Waals surface area contributed by atoms with E-state index in [2.05, 4.69) is 32.8 Å². The molecular weight excluding hydrogens is 349 g/mol. The molecule has 0 amide bonds. The summed E-state index contributed by atoms with van der Waals surface area (Å²) in [5, 5.41) is 3.26. The second-order valence-corrected chi connectivity index (χ2v) is 5.61. The molecule has 1 aliphatic rings. The van der Waals surface area contributed by atoms with Crippen LogP contribution < -0.4 is 5.32 Å². The summed E-state index contributed by atoms with van der Waals surface area (Å²) in [5.41, 5.74) is 1.03. The standard InChI is InChI=1S/C13H17F2IN2/c14-13(15)9-12(18-7-5-17-6-8-18)10-3-1-2-4-11(10)16/h1-4,12-13,17H,5-9H2/t12-/m0/s1. The van der Waals surface area contributed by atoms with E-state index in [0.29, 0.717) is 0 Å². The molecule has 0 radical (unpaired) electrons. The Balaban J connectivity index is 2.21. The fraction of sp³-hybridized carbons (Fsp3) is 0.538. The summed E-state index contributed by atoms with van der Waals surface area (Å²) < 4.78 is 26.7. The van der Waals surface area contributed by atoms with Crippen molar-refractivity contribution in [3.05, 3.63) is 33.4 Å². The van der Waals surface area contributed by atoms with Crippen LogP contribution in [0, 0.1) is 3.57 Å². The largest absolute Gasteiger partial charge is 0.314 e. The molecule has 2 nitrogen and oxygen atoms in total. The van der Waals surface area contributed by atoms with Gasteiger partial charge >= 0.3 is 0 Å². The second kappa shape index (κ2) is 6.77. The van der Waals surface area contributed by atoms with Crippen LogP contribution in [0.2, 0.25) is 0 Å². The lowest BCUT2D eigenvalue weighted by Gasteiger charge is -2.35. The highest BCUT2D eigenvalue weighted by Gasteiger charge is 2.26. The molecule has 1 fully saturated rings.